The number of fused-ring (bicyclic) bond motifs is 3. The van der Waals surface area contributed by atoms with Crippen molar-refractivity contribution in [3.05, 3.63) is 29.3 Å². The van der Waals surface area contributed by atoms with Crippen LogP contribution in [0.25, 0.3) is 0 Å². The number of rotatable bonds is 2. The van der Waals surface area contributed by atoms with E-state index in [2.05, 4.69) is 4.18 Å². The number of hydrogen-bond acceptors (Lipinski definition) is 6. The van der Waals surface area contributed by atoms with Crippen LogP contribution in [0.3, 0.4) is 0 Å². The van der Waals surface area contributed by atoms with Crippen LogP contribution in [0, 0.1) is 5.92 Å². The standard InChI is InChI=1S/C19H23F3N2O6S/c1-18(2,3)29-17(26)24-9-11-8-23(4)16(25)14-7-12(5-6-13(14)15(11)10-24)30-31(27,28)19(20,21)22/h5-7,11,15H,8-10H2,1-4H3. The summed E-state index contributed by atoms with van der Waals surface area (Å²) in [6.07, 6.45) is -0.493. The van der Waals surface area contributed by atoms with Gasteiger partial charge >= 0.3 is 21.7 Å². The molecule has 0 spiro atoms. The first kappa shape index (κ1) is 23.2. The van der Waals surface area contributed by atoms with Gasteiger partial charge in [-0.05, 0) is 38.5 Å². The van der Waals surface area contributed by atoms with Gasteiger partial charge in [-0.1, -0.05) is 6.07 Å². The van der Waals surface area contributed by atoms with E-state index in [1.165, 1.54) is 22.9 Å². The first-order chi connectivity index (χ1) is 14.1. The van der Waals surface area contributed by atoms with Gasteiger partial charge in [-0.25, -0.2) is 4.79 Å². The average Bonchev–Trinajstić information content (AvgIpc) is 2.98. The second kappa shape index (κ2) is 7.57. The summed E-state index contributed by atoms with van der Waals surface area (Å²) in [5.41, 5.74) is -5.72. The molecule has 0 bridgehead atoms. The summed E-state index contributed by atoms with van der Waals surface area (Å²) >= 11 is 0. The van der Waals surface area contributed by atoms with Crippen molar-refractivity contribution >= 4 is 22.1 Å². The molecule has 2 amide bonds. The van der Waals surface area contributed by atoms with Crippen molar-refractivity contribution in [2.45, 2.75) is 37.8 Å². The lowest BCUT2D eigenvalue weighted by Gasteiger charge is -2.25. The zero-order valence-corrected chi connectivity index (χ0v) is 18.2. The molecule has 1 fully saturated rings. The van der Waals surface area contributed by atoms with Crippen LogP contribution in [0.5, 0.6) is 5.75 Å². The maximum Gasteiger partial charge on any atom is 0.534 e. The number of alkyl halides is 3. The Morgan fingerprint density at radius 1 is 1.13 bits per heavy atom. The van der Waals surface area contributed by atoms with E-state index in [1.807, 2.05) is 0 Å². The minimum Gasteiger partial charge on any atom is -0.444 e. The van der Waals surface area contributed by atoms with E-state index in [0.717, 1.165) is 12.1 Å². The molecule has 2 aliphatic heterocycles. The second-order valence-corrected chi connectivity index (χ2v) is 10.2. The number of amides is 2. The van der Waals surface area contributed by atoms with Gasteiger partial charge in [-0.2, -0.15) is 21.6 Å². The largest absolute Gasteiger partial charge is 0.534 e. The molecule has 0 aliphatic carbocycles. The number of nitrogens with zero attached hydrogens (tertiary/aromatic N) is 2. The van der Waals surface area contributed by atoms with Gasteiger partial charge in [0.05, 0.1) is 0 Å². The van der Waals surface area contributed by atoms with Crippen molar-refractivity contribution in [2.24, 2.45) is 5.92 Å². The first-order valence-electron chi connectivity index (χ1n) is 9.47. The predicted octanol–water partition coefficient (Wildman–Crippen LogP) is 2.95. The van der Waals surface area contributed by atoms with E-state index in [-0.39, 0.29) is 23.9 Å². The van der Waals surface area contributed by atoms with E-state index in [9.17, 15) is 31.2 Å². The Morgan fingerprint density at radius 3 is 2.35 bits per heavy atom. The number of carbonyl (C=O) groups excluding carboxylic acids is 2. The fourth-order valence-corrected chi connectivity index (χ4v) is 4.25. The molecule has 1 aromatic rings. The van der Waals surface area contributed by atoms with Crippen molar-refractivity contribution in [3.8, 4) is 5.75 Å². The summed E-state index contributed by atoms with van der Waals surface area (Å²) in [6.45, 7) is 6.16. The number of carbonyl (C=O) groups is 2. The van der Waals surface area contributed by atoms with Gasteiger partial charge in [0.1, 0.15) is 11.4 Å². The summed E-state index contributed by atoms with van der Waals surface area (Å²) in [5.74, 6) is -1.47. The molecule has 12 heteroatoms. The maximum absolute atomic E-state index is 12.8. The number of likely N-dealkylation sites (tertiary alicyclic amines) is 1. The smallest absolute Gasteiger partial charge is 0.444 e. The quantitative estimate of drug-likeness (QED) is 0.494. The zero-order chi connectivity index (χ0) is 23.4. The minimum atomic E-state index is -5.87. The maximum atomic E-state index is 12.8. The molecule has 0 aromatic heterocycles. The lowest BCUT2D eigenvalue weighted by atomic mass is 9.87. The van der Waals surface area contributed by atoms with Gasteiger partial charge < -0.3 is 18.7 Å². The van der Waals surface area contributed by atoms with Crippen molar-refractivity contribution in [1.82, 2.24) is 9.80 Å². The third kappa shape index (κ3) is 4.73. The van der Waals surface area contributed by atoms with Gasteiger partial charge in [0.25, 0.3) is 5.91 Å². The molecule has 2 aliphatic rings. The van der Waals surface area contributed by atoms with Crippen molar-refractivity contribution < 1.29 is 40.1 Å². The molecule has 1 aromatic carbocycles. The van der Waals surface area contributed by atoms with Gasteiger partial charge in [0, 0.05) is 44.1 Å². The molecule has 3 rings (SSSR count). The van der Waals surface area contributed by atoms with Crippen molar-refractivity contribution in [1.29, 1.82) is 0 Å². The summed E-state index contributed by atoms with van der Waals surface area (Å²) in [7, 11) is -4.33. The monoisotopic (exact) mass is 464 g/mol. The highest BCUT2D eigenvalue weighted by Gasteiger charge is 2.49. The first-order valence-corrected chi connectivity index (χ1v) is 10.9. The Bertz CT molecular complexity index is 1000. The number of ether oxygens (including phenoxy) is 1. The molecule has 2 atom stereocenters. The number of hydrogen-bond donors (Lipinski definition) is 0. The average molecular weight is 464 g/mol. The summed E-state index contributed by atoms with van der Waals surface area (Å²) in [5, 5.41) is 0. The van der Waals surface area contributed by atoms with Crippen LogP contribution in [-0.2, 0) is 14.9 Å². The Kier molecular flexibility index (Phi) is 5.66. The molecule has 2 unspecified atom stereocenters. The van der Waals surface area contributed by atoms with Crippen LogP contribution in [0.15, 0.2) is 18.2 Å². The van der Waals surface area contributed by atoms with Gasteiger partial charge in [0.2, 0.25) is 0 Å². The fraction of sp³-hybridized carbons (Fsp3) is 0.579. The highest BCUT2D eigenvalue weighted by molar-refractivity contribution is 7.88. The van der Waals surface area contributed by atoms with Crippen molar-refractivity contribution in [2.75, 3.05) is 26.7 Å². The molecule has 1 saturated heterocycles. The Balaban J connectivity index is 1.93. The summed E-state index contributed by atoms with van der Waals surface area (Å²) in [6, 6.07) is 3.45. The van der Waals surface area contributed by atoms with Crippen LogP contribution < -0.4 is 4.18 Å². The van der Waals surface area contributed by atoms with E-state index in [0.29, 0.717) is 18.7 Å². The van der Waals surface area contributed by atoms with E-state index >= 15 is 0 Å². The third-order valence-corrected chi connectivity index (χ3v) is 6.07. The predicted molar refractivity (Wildman–Crippen MR) is 103 cm³/mol. The molecular weight excluding hydrogens is 441 g/mol. The van der Waals surface area contributed by atoms with Gasteiger partial charge in [-0.15, -0.1) is 0 Å². The topological polar surface area (TPSA) is 93.2 Å². The molecule has 8 nitrogen and oxygen atoms in total. The highest BCUT2D eigenvalue weighted by atomic mass is 32.2. The zero-order valence-electron chi connectivity index (χ0n) is 17.4. The summed E-state index contributed by atoms with van der Waals surface area (Å²) < 4.78 is 70.1. The van der Waals surface area contributed by atoms with Gasteiger partial charge in [-0.3, -0.25) is 4.79 Å². The number of halogens is 3. The Hall–Kier alpha value is -2.50. The SMILES string of the molecule is CN1CC2CN(C(=O)OC(C)(C)C)CC2c2ccc(OS(=O)(=O)C(F)(F)F)cc2C1=O. The molecule has 172 valence electrons. The van der Waals surface area contributed by atoms with Crippen LogP contribution >= 0.6 is 0 Å². The molecule has 0 radical (unpaired) electrons. The third-order valence-electron chi connectivity index (χ3n) is 5.09. The molecule has 0 N–H and O–H groups in total. The normalized spacial score (nSPS) is 22.0. The van der Waals surface area contributed by atoms with E-state index in [1.54, 1.807) is 20.8 Å². The second-order valence-electron chi connectivity index (χ2n) is 8.67. The van der Waals surface area contributed by atoms with Crippen molar-refractivity contribution in [3.63, 3.8) is 0 Å². The fourth-order valence-electron chi connectivity index (χ4n) is 3.79. The molecule has 31 heavy (non-hydrogen) atoms. The molecular formula is C19H23F3N2O6S. The van der Waals surface area contributed by atoms with Gasteiger partial charge in [0.15, 0.2) is 0 Å². The lowest BCUT2D eigenvalue weighted by molar-refractivity contribution is -0.0500. The number of benzene rings is 1. The minimum absolute atomic E-state index is 0.0379. The Labute approximate surface area is 178 Å². The Morgan fingerprint density at radius 2 is 1.77 bits per heavy atom. The lowest BCUT2D eigenvalue weighted by Crippen LogP contribution is -2.37. The molecule has 0 saturated carbocycles. The van der Waals surface area contributed by atoms with Crippen LogP contribution in [-0.4, -0.2) is 68.0 Å². The van der Waals surface area contributed by atoms with Crippen LogP contribution in [0.1, 0.15) is 42.6 Å². The highest BCUT2D eigenvalue weighted by Crippen LogP contribution is 2.40. The summed E-state index contributed by atoms with van der Waals surface area (Å²) in [4.78, 5) is 28.2. The van der Waals surface area contributed by atoms with Crippen LogP contribution in [0.4, 0.5) is 18.0 Å². The van der Waals surface area contributed by atoms with E-state index < -0.39 is 39.0 Å². The van der Waals surface area contributed by atoms with E-state index in [4.69, 9.17) is 4.74 Å². The van der Waals surface area contributed by atoms with Crippen LogP contribution in [0.2, 0.25) is 0 Å². The molecule has 2 heterocycles.